The van der Waals surface area contributed by atoms with E-state index in [0.717, 1.165) is 11.3 Å². The normalized spacial score (nSPS) is 20.2. The lowest BCUT2D eigenvalue weighted by Crippen LogP contribution is -2.17. The van der Waals surface area contributed by atoms with Crippen molar-refractivity contribution in [1.82, 2.24) is 5.01 Å². The van der Waals surface area contributed by atoms with Crippen LogP contribution >= 0.6 is 0 Å². The second-order valence-corrected chi connectivity index (χ2v) is 3.60. The molecule has 0 aliphatic carbocycles. The van der Waals surface area contributed by atoms with E-state index in [4.69, 9.17) is 0 Å². The third kappa shape index (κ3) is 1.70. The first-order chi connectivity index (χ1) is 7.22. The molecule has 1 aliphatic heterocycles. The summed E-state index contributed by atoms with van der Waals surface area (Å²) in [6.45, 7) is 1.87. The van der Waals surface area contributed by atoms with Crippen LogP contribution in [0, 0.1) is 0 Å². The van der Waals surface area contributed by atoms with E-state index in [1.54, 1.807) is 12.1 Å². The number of carbonyl (C=O) groups excluding carboxylic acids is 1. The van der Waals surface area contributed by atoms with Crippen LogP contribution in [-0.2, 0) is 4.79 Å². The zero-order chi connectivity index (χ0) is 10.8. The molecule has 0 spiro atoms. The van der Waals surface area contributed by atoms with Crippen LogP contribution in [-0.4, -0.2) is 22.2 Å². The van der Waals surface area contributed by atoms with Crippen molar-refractivity contribution >= 4 is 12.1 Å². The number of aromatic hydroxyl groups is 1. The Balaban J connectivity index is 2.33. The van der Waals surface area contributed by atoms with Crippen LogP contribution < -0.4 is 0 Å². The fourth-order valence-corrected chi connectivity index (χ4v) is 1.80. The van der Waals surface area contributed by atoms with Gasteiger partial charge in [-0.3, -0.25) is 4.79 Å². The molecule has 1 atom stereocenters. The number of amides is 1. The molecule has 0 bridgehead atoms. The second-order valence-electron chi connectivity index (χ2n) is 3.60. The smallest absolute Gasteiger partial charge is 0.230 e. The second kappa shape index (κ2) is 3.73. The Labute approximate surface area is 87.8 Å². The first-order valence-electron chi connectivity index (χ1n) is 4.78. The van der Waals surface area contributed by atoms with Gasteiger partial charge in [0.15, 0.2) is 0 Å². The van der Waals surface area contributed by atoms with Crippen molar-refractivity contribution in [3.63, 3.8) is 0 Å². The predicted octanol–water partition coefficient (Wildman–Crippen LogP) is 1.67. The monoisotopic (exact) mass is 204 g/mol. The highest BCUT2D eigenvalue weighted by Gasteiger charge is 2.27. The van der Waals surface area contributed by atoms with E-state index in [2.05, 4.69) is 5.10 Å². The molecular weight excluding hydrogens is 192 g/mol. The maximum Gasteiger partial charge on any atom is 0.230 e. The van der Waals surface area contributed by atoms with Gasteiger partial charge in [0, 0.05) is 17.7 Å². The SMILES string of the molecule is CC1=NN(C=O)[C@@H](c2ccccc2O)C1. The van der Waals surface area contributed by atoms with Crippen LogP contribution in [0.5, 0.6) is 5.75 Å². The van der Waals surface area contributed by atoms with E-state index in [0.29, 0.717) is 12.8 Å². The third-order valence-electron chi connectivity index (χ3n) is 2.50. The molecule has 1 aromatic rings. The van der Waals surface area contributed by atoms with Crippen LogP contribution in [0.1, 0.15) is 24.9 Å². The van der Waals surface area contributed by atoms with Crippen molar-refractivity contribution in [3.05, 3.63) is 29.8 Å². The highest BCUT2D eigenvalue weighted by Crippen LogP contribution is 2.34. The van der Waals surface area contributed by atoms with Gasteiger partial charge in [0.2, 0.25) is 6.41 Å². The lowest BCUT2D eigenvalue weighted by atomic mass is 10.0. The summed E-state index contributed by atoms with van der Waals surface area (Å²) in [5.41, 5.74) is 1.64. The van der Waals surface area contributed by atoms with Gasteiger partial charge < -0.3 is 5.11 Å². The van der Waals surface area contributed by atoms with Gasteiger partial charge >= 0.3 is 0 Å². The molecular formula is C11H12N2O2. The average Bonchev–Trinajstić information content (AvgIpc) is 2.60. The molecule has 0 radical (unpaired) electrons. The Morgan fingerprint density at radius 1 is 1.53 bits per heavy atom. The third-order valence-corrected chi connectivity index (χ3v) is 2.50. The summed E-state index contributed by atoms with van der Waals surface area (Å²) in [4.78, 5) is 10.8. The maximum absolute atomic E-state index is 10.8. The van der Waals surface area contributed by atoms with E-state index in [-0.39, 0.29) is 11.8 Å². The number of hydrogen-bond donors (Lipinski definition) is 1. The van der Waals surface area contributed by atoms with E-state index in [9.17, 15) is 9.90 Å². The summed E-state index contributed by atoms with van der Waals surface area (Å²) < 4.78 is 0. The number of phenolic OH excluding ortho intramolecular Hbond substituents is 1. The van der Waals surface area contributed by atoms with Crippen molar-refractivity contribution in [3.8, 4) is 5.75 Å². The van der Waals surface area contributed by atoms with Crippen molar-refractivity contribution in [1.29, 1.82) is 0 Å². The molecule has 1 aromatic carbocycles. The average molecular weight is 204 g/mol. The van der Waals surface area contributed by atoms with E-state index in [1.165, 1.54) is 5.01 Å². The predicted molar refractivity (Wildman–Crippen MR) is 56.5 cm³/mol. The van der Waals surface area contributed by atoms with Crippen molar-refractivity contribution in [2.75, 3.05) is 0 Å². The quantitative estimate of drug-likeness (QED) is 0.745. The number of benzene rings is 1. The number of carbonyl (C=O) groups is 1. The van der Waals surface area contributed by atoms with Gasteiger partial charge in [-0.25, -0.2) is 5.01 Å². The van der Waals surface area contributed by atoms with Crippen molar-refractivity contribution < 1.29 is 9.90 Å². The topological polar surface area (TPSA) is 52.9 Å². The zero-order valence-corrected chi connectivity index (χ0v) is 8.42. The molecule has 0 fully saturated rings. The molecule has 0 saturated carbocycles. The molecule has 4 nitrogen and oxygen atoms in total. The van der Waals surface area contributed by atoms with Crippen LogP contribution in [0.2, 0.25) is 0 Å². The Morgan fingerprint density at radius 2 is 2.27 bits per heavy atom. The van der Waals surface area contributed by atoms with E-state index >= 15 is 0 Å². The van der Waals surface area contributed by atoms with Gasteiger partial charge in [0.25, 0.3) is 0 Å². The summed E-state index contributed by atoms with van der Waals surface area (Å²) in [6, 6.07) is 6.86. The molecule has 1 aliphatic rings. The molecule has 1 heterocycles. The molecule has 2 rings (SSSR count). The number of para-hydroxylation sites is 1. The summed E-state index contributed by atoms with van der Waals surface area (Å²) in [6.07, 6.45) is 1.37. The molecule has 0 saturated heterocycles. The molecule has 15 heavy (non-hydrogen) atoms. The standard InChI is InChI=1S/C11H12N2O2/c1-8-6-10(13(7-14)12-8)9-4-2-3-5-11(9)15/h2-5,7,10,15H,6H2,1H3/t10-/m1/s1. The van der Waals surface area contributed by atoms with E-state index < -0.39 is 0 Å². The molecule has 1 amide bonds. The number of hydrazone groups is 1. The number of hydrogen-bond acceptors (Lipinski definition) is 3. The number of phenols is 1. The Kier molecular flexibility index (Phi) is 2.41. The summed E-state index contributed by atoms with van der Waals surface area (Å²) in [5, 5.41) is 15.1. The molecule has 0 aromatic heterocycles. The fourth-order valence-electron chi connectivity index (χ4n) is 1.80. The minimum Gasteiger partial charge on any atom is -0.508 e. The summed E-state index contributed by atoms with van der Waals surface area (Å²) in [5.74, 6) is 0.208. The van der Waals surface area contributed by atoms with Crippen molar-refractivity contribution in [2.24, 2.45) is 5.10 Å². The first-order valence-corrected chi connectivity index (χ1v) is 4.78. The highest BCUT2D eigenvalue weighted by molar-refractivity contribution is 5.85. The van der Waals surface area contributed by atoms with Gasteiger partial charge in [0.1, 0.15) is 5.75 Å². The van der Waals surface area contributed by atoms with E-state index in [1.807, 2.05) is 19.1 Å². The Hall–Kier alpha value is -1.84. The van der Waals surface area contributed by atoms with Crippen LogP contribution in [0.15, 0.2) is 29.4 Å². The van der Waals surface area contributed by atoms with Crippen LogP contribution in [0.25, 0.3) is 0 Å². The number of rotatable bonds is 2. The molecule has 4 heteroatoms. The van der Waals surface area contributed by atoms with Gasteiger partial charge in [-0.15, -0.1) is 0 Å². The molecule has 0 unspecified atom stereocenters. The van der Waals surface area contributed by atoms with Crippen LogP contribution in [0.4, 0.5) is 0 Å². The van der Waals surface area contributed by atoms with Crippen molar-refractivity contribution in [2.45, 2.75) is 19.4 Å². The fraction of sp³-hybridized carbons (Fsp3) is 0.273. The largest absolute Gasteiger partial charge is 0.508 e. The Bertz CT molecular complexity index is 415. The van der Waals surface area contributed by atoms with Gasteiger partial charge in [0.05, 0.1) is 6.04 Å². The minimum atomic E-state index is -0.163. The lowest BCUT2D eigenvalue weighted by molar-refractivity contribution is -0.119. The van der Waals surface area contributed by atoms with Gasteiger partial charge in [-0.1, -0.05) is 18.2 Å². The molecule has 78 valence electrons. The maximum atomic E-state index is 10.8. The van der Waals surface area contributed by atoms with Gasteiger partial charge in [-0.2, -0.15) is 5.10 Å². The minimum absolute atomic E-state index is 0.163. The Morgan fingerprint density at radius 3 is 2.93 bits per heavy atom. The molecule has 1 N–H and O–H groups in total. The zero-order valence-electron chi connectivity index (χ0n) is 8.42. The van der Waals surface area contributed by atoms with Crippen LogP contribution in [0.3, 0.4) is 0 Å². The highest BCUT2D eigenvalue weighted by atomic mass is 16.3. The number of nitrogens with zero attached hydrogens (tertiary/aromatic N) is 2. The summed E-state index contributed by atoms with van der Waals surface area (Å²) in [7, 11) is 0. The van der Waals surface area contributed by atoms with Gasteiger partial charge in [-0.05, 0) is 13.0 Å². The summed E-state index contributed by atoms with van der Waals surface area (Å²) >= 11 is 0. The first kappa shape index (κ1) is 9.71. The lowest BCUT2D eigenvalue weighted by Gasteiger charge is -2.18.